The fourth-order valence-electron chi connectivity index (χ4n) is 1.35. The molecule has 0 amide bonds. The van der Waals surface area contributed by atoms with Gasteiger partial charge in [0.15, 0.2) is 0 Å². The number of aliphatic hydroxyl groups is 1. The van der Waals surface area contributed by atoms with Gasteiger partial charge in [0.2, 0.25) is 0 Å². The molecule has 1 aromatic carbocycles. The van der Waals surface area contributed by atoms with E-state index >= 15 is 0 Å². The van der Waals surface area contributed by atoms with Gasteiger partial charge in [-0.15, -0.1) is 0 Å². The van der Waals surface area contributed by atoms with Crippen LogP contribution in [0.15, 0.2) is 36.7 Å². The third kappa shape index (κ3) is 2.11. The Labute approximate surface area is 87.4 Å². The second-order valence-corrected chi connectivity index (χ2v) is 3.19. The monoisotopic (exact) mass is 201 g/mol. The summed E-state index contributed by atoms with van der Waals surface area (Å²) < 4.78 is 0. The van der Waals surface area contributed by atoms with Crippen LogP contribution in [0, 0.1) is 0 Å². The average molecular weight is 201 g/mol. The molecule has 4 heteroatoms. The standard InChI is InChI=1S/C11H11N3O/c12-11-6-13-5-10(14-11)9-3-1-2-8(4-9)7-15/h1-6,15H,7H2,(H2,12,14). The Kier molecular flexibility index (Phi) is 2.60. The van der Waals surface area contributed by atoms with Crippen molar-refractivity contribution in [1.29, 1.82) is 0 Å². The van der Waals surface area contributed by atoms with E-state index in [9.17, 15) is 0 Å². The Morgan fingerprint density at radius 3 is 2.87 bits per heavy atom. The second-order valence-electron chi connectivity index (χ2n) is 3.19. The van der Waals surface area contributed by atoms with Gasteiger partial charge in [0.05, 0.1) is 24.7 Å². The molecule has 3 N–H and O–H groups in total. The van der Waals surface area contributed by atoms with Crippen LogP contribution in [-0.2, 0) is 6.61 Å². The van der Waals surface area contributed by atoms with Crippen LogP contribution < -0.4 is 5.73 Å². The minimum atomic E-state index is 0.0174. The van der Waals surface area contributed by atoms with Gasteiger partial charge in [-0.3, -0.25) is 4.98 Å². The summed E-state index contributed by atoms with van der Waals surface area (Å²) in [5.41, 5.74) is 8.00. The minimum absolute atomic E-state index is 0.0174. The predicted molar refractivity (Wildman–Crippen MR) is 57.8 cm³/mol. The van der Waals surface area contributed by atoms with Crippen LogP contribution in [-0.4, -0.2) is 15.1 Å². The summed E-state index contributed by atoms with van der Waals surface area (Å²) in [6, 6.07) is 7.49. The second kappa shape index (κ2) is 4.06. The van der Waals surface area contributed by atoms with Crippen molar-refractivity contribution in [2.75, 3.05) is 5.73 Å². The van der Waals surface area contributed by atoms with Crippen molar-refractivity contribution in [3.05, 3.63) is 42.2 Å². The van der Waals surface area contributed by atoms with E-state index in [1.165, 1.54) is 6.20 Å². The molecule has 0 fully saturated rings. The molecule has 0 radical (unpaired) electrons. The van der Waals surface area contributed by atoms with E-state index in [1.807, 2.05) is 24.3 Å². The SMILES string of the molecule is Nc1cncc(-c2cccc(CO)c2)n1. The van der Waals surface area contributed by atoms with Crippen LogP contribution in [0.3, 0.4) is 0 Å². The fourth-order valence-corrected chi connectivity index (χ4v) is 1.35. The molecule has 0 atom stereocenters. The Bertz CT molecular complexity index is 471. The minimum Gasteiger partial charge on any atom is -0.392 e. The van der Waals surface area contributed by atoms with Gasteiger partial charge in [0.25, 0.3) is 0 Å². The fraction of sp³-hybridized carbons (Fsp3) is 0.0909. The molecule has 0 unspecified atom stereocenters. The van der Waals surface area contributed by atoms with Crippen molar-refractivity contribution in [3.8, 4) is 11.3 Å². The van der Waals surface area contributed by atoms with Crippen LogP contribution in [0.2, 0.25) is 0 Å². The molecule has 0 spiro atoms. The third-order valence-corrected chi connectivity index (χ3v) is 2.06. The highest BCUT2D eigenvalue weighted by Crippen LogP contribution is 2.18. The Morgan fingerprint density at radius 2 is 2.13 bits per heavy atom. The molecule has 2 aromatic rings. The molecule has 0 bridgehead atoms. The van der Waals surface area contributed by atoms with Crippen molar-refractivity contribution < 1.29 is 5.11 Å². The van der Waals surface area contributed by atoms with E-state index in [2.05, 4.69) is 9.97 Å². The van der Waals surface area contributed by atoms with Gasteiger partial charge in [-0.05, 0) is 11.6 Å². The highest BCUT2D eigenvalue weighted by atomic mass is 16.3. The first-order valence-corrected chi connectivity index (χ1v) is 4.57. The number of hydrogen-bond donors (Lipinski definition) is 2. The summed E-state index contributed by atoms with van der Waals surface area (Å²) in [5.74, 6) is 0.391. The molecule has 4 nitrogen and oxygen atoms in total. The van der Waals surface area contributed by atoms with E-state index in [-0.39, 0.29) is 6.61 Å². The lowest BCUT2D eigenvalue weighted by atomic mass is 10.1. The highest BCUT2D eigenvalue weighted by molar-refractivity contribution is 5.60. The lowest BCUT2D eigenvalue weighted by Crippen LogP contribution is -1.94. The third-order valence-electron chi connectivity index (χ3n) is 2.06. The van der Waals surface area contributed by atoms with Gasteiger partial charge in [0, 0.05) is 5.56 Å². The number of nitrogen functional groups attached to an aromatic ring is 1. The first-order chi connectivity index (χ1) is 7.29. The molecule has 1 heterocycles. The summed E-state index contributed by atoms with van der Waals surface area (Å²) in [7, 11) is 0. The van der Waals surface area contributed by atoms with Crippen molar-refractivity contribution in [1.82, 2.24) is 9.97 Å². The summed E-state index contributed by atoms with van der Waals surface area (Å²) in [6.07, 6.45) is 3.15. The van der Waals surface area contributed by atoms with Crippen LogP contribution >= 0.6 is 0 Å². The zero-order chi connectivity index (χ0) is 10.7. The molecule has 0 aliphatic heterocycles. The first-order valence-electron chi connectivity index (χ1n) is 4.57. The lowest BCUT2D eigenvalue weighted by Gasteiger charge is -2.02. The van der Waals surface area contributed by atoms with Gasteiger partial charge in [-0.2, -0.15) is 0 Å². The van der Waals surface area contributed by atoms with E-state index in [1.54, 1.807) is 6.20 Å². The van der Waals surface area contributed by atoms with Crippen molar-refractivity contribution in [3.63, 3.8) is 0 Å². The molecule has 0 aliphatic rings. The van der Waals surface area contributed by atoms with Crippen LogP contribution in [0.1, 0.15) is 5.56 Å². The number of aliphatic hydroxyl groups excluding tert-OH is 1. The maximum atomic E-state index is 9.00. The molecule has 1 aromatic heterocycles. The number of anilines is 1. The average Bonchev–Trinajstić information content (AvgIpc) is 2.29. The lowest BCUT2D eigenvalue weighted by molar-refractivity contribution is 0.282. The molecular formula is C11H11N3O. The van der Waals surface area contributed by atoms with Gasteiger partial charge in [0.1, 0.15) is 5.82 Å². The summed E-state index contributed by atoms with van der Waals surface area (Å²) >= 11 is 0. The molecule has 2 rings (SSSR count). The topological polar surface area (TPSA) is 72.0 Å². The van der Waals surface area contributed by atoms with Crippen molar-refractivity contribution >= 4 is 5.82 Å². The quantitative estimate of drug-likeness (QED) is 0.766. The Balaban J connectivity index is 2.44. The first kappa shape index (κ1) is 9.61. The maximum absolute atomic E-state index is 9.00. The zero-order valence-corrected chi connectivity index (χ0v) is 8.09. The Morgan fingerprint density at radius 1 is 1.27 bits per heavy atom. The molecule has 0 saturated heterocycles. The van der Waals surface area contributed by atoms with Gasteiger partial charge in [-0.25, -0.2) is 4.98 Å². The molecule has 76 valence electrons. The number of benzene rings is 1. The summed E-state index contributed by atoms with van der Waals surface area (Å²) in [6.45, 7) is 0.0174. The van der Waals surface area contributed by atoms with Gasteiger partial charge in [-0.1, -0.05) is 18.2 Å². The number of nitrogens with zero attached hydrogens (tertiary/aromatic N) is 2. The molecular weight excluding hydrogens is 190 g/mol. The molecule has 15 heavy (non-hydrogen) atoms. The van der Waals surface area contributed by atoms with Crippen molar-refractivity contribution in [2.45, 2.75) is 6.61 Å². The molecule has 0 aliphatic carbocycles. The van der Waals surface area contributed by atoms with E-state index in [0.29, 0.717) is 11.5 Å². The number of nitrogens with two attached hydrogens (primary N) is 1. The molecule has 0 saturated carbocycles. The van der Waals surface area contributed by atoms with Crippen LogP contribution in [0.25, 0.3) is 11.3 Å². The van der Waals surface area contributed by atoms with E-state index in [4.69, 9.17) is 10.8 Å². The largest absolute Gasteiger partial charge is 0.392 e. The number of aromatic nitrogens is 2. The highest BCUT2D eigenvalue weighted by Gasteiger charge is 2.01. The van der Waals surface area contributed by atoms with Crippen molar-refractivity contribution in [2.24, 2.45) is 0 Å². The van der Waals surface area contributed by atoms with Gasteiger partial charge >= 0.3 is 0 Å². The van der Waals surface area contributed by atoms with Crippen LogP contribution in [0.5, 0.6) is 0 Å². The number of hydrogen-bond acceptors (Lipinski definition) is 4. The van der Waals surface area contributed by atoms with E-state index in [0.717, 1.165) is 11.1 Å². The predicted octanol–water partition coefficient (Wildman–Crippen LogP) is 1.22. The summed E-state index contributed by atoms with van der Waals surface area (Å²) in [5, 5.41) is 9.00. The van der Waals surface area contributed by atoms with Crippen LogP contribution in [0.4, 0.5) is 5.82 Å². The number of rotatable bonds is 2. The maximum Gasteiger partial charge on any atom is 0.142 e. The van der Waals surface area contributed by atoms with Gasteiger partial charge < -0.3 is 10.8 Å². The van der Waals surface area contributed by atoms with E-state index < -0.39 is 0 Å². The zero-order valence-electron chi connectivity index (χ0n) is 8.09. The summed E-state index contributed by atoms with van der Waals surface area (Å²) in [4.78, 5) is 8.12. The smallest absolute Gasteiger partial charge is 0.142 e. The normalized spacial score (nSPS) is 10.2. The Hall–Kier alpha value is -1.94.